The second-order valence-corrected chi connectivity index (χ2v) is 4.81. The Hall–Kier alpha value is -1.46. The molecular weight excluding hydrogens is 252 g/mol. The standard InChI is InChI=1S/C12H19ClN4O/c1-16(2)6-7-17(3)11-5-4-9(13)8-10(11)12(14)15-18/h4-5,8,18H,6-7H2,1-3H3,(H2,14,15). The number of benzene rings is 1. The van der Waals surface area contributed by atoms with Gasteiger partial charge in [-0.3, -0.25) is 0 Å². The quantitative estimate of drug-likeness (QED) is 0.368. The molecule has 0 aromatic heterocycles. The first-order chi connectivity index (χ1) is 8.45. The topological polar surface area (TPSA) is 65.1 Å². The molecule has 0 atom stereocenters. The molecule has 18 heavy (non-hydrogen) atoms. The molecule has 0 aliphatic rings. The van der Waals surface area contributed by atoms with Gasteiger partial charge in [0.1, 0.15) is 0 Å². The van der Waals surface area contributed by atoms with Crippen molar-refractivity contribution in [2.24, 2.45) is 10.9 Å². The zero-order valence-electron chi connectivity index (χ0n) is 10.9. The molecule has 0 bridgehead atoms. The molecule has 0 aliphatic heterocycles. The van der Waals surface area contributed by atoms with Crippen LogP contribution in [0.5, 0.6) is 0 Å². The molecule has 1 rings (SSSR count). The Morgan fingerprint density at radius 3 is 2.56 bits per heavy atom. The smallest absolute Gasteiger partial charge is 0.172 e. The fourth-order valence-electron chi connectivity index (χ4n) is 1.57. The lowest BCUT2D eigenvalue weighted by atomic mass is 10.1. The van der Waals surface area contributed by atoms with Crippen LogP contribution >= 0.6 is 11.6 Å². The van der Waals surface area contributed by atoms with Gasteiger partial charge < -0.3 is 20.7 Å². The van der Waals surface area contributed by atoms with Crippen molar-refractivity contribution in [1.82, 2.24) is 4.90 Å². The predicted molar refractivity (Wildman–Crippen MR) is 75.8 cm³/mol. The fourth-order valence-corrected chi connectivity index (χ4v) is 1.74. The normalized spacial score (nSPS) is 11.9. The van der Waals surface area contributed by atoms with Gasteiger partial charge in [0.2, 0.25) is 0 Å². The maximum Gasteiger partial charge on any atom is 0.172 e. The van der Waals surface area contributed by atoms with Gasteiger partial charge in [-0.1, -0.05) is 16.8 Å². The Morgan fingerprint density at radius 1 is 1.33 bits per heavy atom. The zero-order valence-corrected chi connectivity index (χ0v) is 11.6. The van der Waals surface area contributed by atoms with Gasteiger partial charge in [0, 0.05) is 36.4 Å². The number of nitrogens with zero attached hydrogens (tertiary/aromatic N) is 3. The van der Waals surface area contributed by atoms with E-state index in [9.17, 15) is 0 Å². The van der Waals surface area contributed by atoms with E-state index in [0.717, 1.165) is 18.8 Å². The lowest BCUT2D eigenvalue weighted by Crippen LogP contribution is -2.30. The molecule has 1 aromatic rings. The van der Waals surface area contributed by atoms with E-state index < -0.39 is 0 Å². The summed E-state index contributed by atoms with van der Waals surface area (Å²) in [7, 11) is 5.99. The highest BCUT2D eigenvalue weighted by Crippen LogP contribution is 2.23. The van der Waals surface area contributed by atoms with Crippen LogP contribution in [0.1, 0.15) is 5.56 Å². The van der Waals surface area contributed by atoms with Crippen LogP contribution < -0.4 is 10.6 Å². The minimum atomic E-state index is 0.0594. The van der Waals surface area contributed by atoms with Gasteiger partial charge in [0.15, 0.2) is 5.84 Å². The van der Waals surface area contributed by atoms with Gasteiger partial charge in [-0.2, -0.15) is 0 Å². The monoisotopic (exact) mass is 270 g/mol. The molecule has 5 nitrogen and oxygen atoms in total. The van der Waals surface area contributed by atoms with Crippen LogP contribution in [0.3, 0.4) is 0 Å². The SMILES string of the molecule is CN(C)CCN(C)c1ccc(Cl)cc1C(N)=NO. The largest absolute Gasteiger partial charge is 0.409 e. The lowest BCUT2D eigenvalue weighted by molar-refractivity contribution is 0.318. The average Bonchev–Trinajstić information content (AvgIpc) is 2.34. The van der Waals surface area contributed by atoms with Crippen molar-refractivity contribution >= 4 is 23.1 Å². The molecule has 0 amide bonds. The Bertz CT molecular complexity index is 434. The molecule has 3 N–H and O–H groups in total. The molecule has 0 unspecified atom stereocenters. The number of rotatable bonds is 5. The highest BCUT2D eigenvalue weighted by Gasteiger charge is 2.12. The number of amidine groups is 1. The summed E-state index contributed by atoms with van der Waals surface area (Å²) in [5, 5.41) is 12.4. The van der Waals surface area contributed by atoms with Gasteiger partial charge in [0.25, 0.3) is 0 Å². The van der Waals surface area contributed by atoms with E-state index in [1.165, 1.54) is 0 Å². The molecule has 6 heteroatoms. The van der Waals surface area contributed by atoms with Gasteiger partial charge in [-0.15, -0.1) is 0 Å². The Labute approximate surface area is 112 Å². The molecule has 0 heterocycles. The summed E-state index contributed by atoms with van der Waals surface area (Å²) in [4.78, 5) is 4.14. The summed E-state index contributed by atoms with van der Waals surface area (Å²) in [5.74, 6) is 0.0594. The summed E-state index contributed by atoms with van der Waals surface area (Å²) in [6.07, 6.45) is 0. The molecule has 0 radical (unpaired) electrons. The number of likely N-dealkylation sites (N-methyl/N-ethyl adjacent to an activating group) is 2. The average molecular weight is 271 g/mol. The molecule has 0 aliphatic carbocycles. The van der Waals surface area contributed by atoms with Crippen molar-refractivity contribution in [2.75, 3.05) is 39.1 Å². The third-order valence-electron chi connectivity index (χ3n) is 2.64. The van der Waals surface area contributed by atoms with Gasteiger partial charge in [0.05, 0.1) is 0 Å². The Morgan fingerprint density at radius 2 is 2.00 bits per heavy atom. The van der Waals surface area contributed by atoms with E-state index in [-0.39, 0.29) is 5.84 Å². The van der Waals surface area contributed by atoms with Crippen molar-refractivity contribution in [1.29, 1.82) is 0 Å². The van der Waals surface area contributed by atoms with Crippen LogP contribution in [-0.2, 0) is 0 Å². The van der Waals surface area contributed by atoms with E-state index in [4.69, 9.17) is 22.5 Å². The number of anilines is 1. The molecule has 100 valence electrons. The minimum Gasteiger partial charge on any atom is -0.409 e. The molecule has 0 saturated heterocycles. The zero-order chi connectivity index (χ0) is 13.7. The molecule has 0 spiro atoms. The summed E-state index contributed by atoms with van der Waals surface area (Å²) >= 11 is 5.93. The van der Waals surface area contributed by atoms with E-state index >= 15 is 0 Å². The second kappa shape index (κ2) is 6.47. The number of oxime groups is 1. The van der Waals surface area contributed by atoms with Crippen LogP contribution in [0.15, 0.2) is 23.4 Å². The van der Waals surface area contributed by atoms with Crippen LogP contribution in [0.25, 0.3) is 0 Å². The summed E-state index contributed by atoms with van der Waals surface area (Å²) < 4.78 is 0. The first kappa shape index (κ1) is 14.6. The van der Waals surface area contributed by atoms with Crippen LogP contribution in [0.4, 0.5) is 5.69 Å². The maximum absolute atomic E-state index is 8.80. The third kappa shape index (κ3) is 3.78. The second-order valence-electron chi connectivity index (χ2n) is 4.37. The molecule has 0 fully saturated rings. The first-order valence-corrected chi connectivity index (χ1v) is 5.96. The van der Waals surface area contributed by atoms with Crippen LogP contribution in [-0.4, -0.2) is 50.2 Å². The molecule has 1 aromatic carbocycles. The van der Waals surface area contributed by atoms with Gasteiger partial charge in [-0.05, 0) is 32.3 Å². The van der Waals surface area contributed by atoms with E-state index in [2.05, 4.69) is 10.1 Å². The summed E-state index contributed by atoms with van der Waals surface area (Å²) in [6, 6.07) is 5.35. The number of hydrogen-bond acceptors (Lipinski definition) is 4. The van der Waals surface area contributed by atoms with Crippen molar-refractivity contribution in [3.8, 4) is 0 Å². The Kier molecular flexibility index (Phi) is 5.25. The third-order valence-corrected chi connectivity index (χ3v) is 2.87. The number of halogens is 1. The predicted octanol–water partition coefficient (Wildman–Crippen LogP) is 1.43. The van der Waals surface area contributed by atoms with Crippen LogP contribution in [0.2, 0.25) is 5.02 Å². The highest BCUT2D eigenvalue weighted by atomic mass is 35.5. The van der Waals surface area contributed by atoms with E-state index in [1.54, 1.807) is 12.1 Å². The summed E-state index contributed by atoms with van der Waals surface area (Å²) in [6.45, 7) is 1.75. The number of hydrogen-bond donors (Lipinski definition) is 2. The molecular formula is C12H19ClN4O. The first-order valence-electron chi connectivity index (χ1n) is 5.59. The Balaban J connectivity index is 3.00. The van der Waals surface area contributed by atoms with Gasteiger partial charge in [-0.25, -0.2) is 0 Å². The molecule has 0 saturated carbocycles. The summed E-state index contributed by atoms with van der Waals surface area (Å²) in [5.41, 5.74) is 7.18. The van der Waals surface area contributed by atoms with Crippen molar-refractivity contribution in [3.05, 3.63) is 28.8 Å². The highest BCUT2D eigenvalue weighted by molar-refractivity contribution is 6.31. The lowest BCUT2D eigenvalue weighted by Gasteiger charge is -2.24. The number of nitrogens with two attached hydrogens (primary N) is 1. The van der Waals surface area contributed by atoms with Crippen molar-refractivity contribution in [3.63, 3.8) is 0 Å². The van der Waals surface area contributed by atoms with E-state index in [1.807, 2.05) is 32.1 Å². The van der Waals surface area contributed by atoms with Crippen LogP contribution in [0, 0.1) is 0 Å². The maximum atomic E-state index is 8.80. The van der Waals surface area contributed by atoms with Gasteiger partial charge >= 0.3 is 0 Å². The van der Waals surface area contributed by atoms with E-state index in [0.29, 0.717) is 10.6 Å². The van der Waals surface area contributed by atoms with Crippen molar-refractivity contribution in [2.45, 2.75) is 0 Å². The van der Waals surface area contributed by atoms with Crippen molar-refractivity contribution < 1.29 is 5.21 Å². The minimum absolute atomic E-state index is 0.0594. The fraction of sp³-hybridized carbons (Fsp3) is 0.417.